The first-order valence-corrected chi connectivity index (χ1v) is 5.35. The maximum absolute atomic E-state index is 10.9. The highest BCUT2D eigenvalue weighted by molar-refractivity contribution is 9.10. The molecule has 0 aliphatic rings. The number of hydrogen-bond acceptors (Lipinski definition) is 4. The summed E-state index contributed by atoms with van der Waals surface area (Å²) in [4.78, 5) is 20.9. The molecule has 0 spiro atoms. The highest BCUT2D eigenvalue weighted by Crippen LogP contribution is 2.24. The maximum atomic E-state index is 10.9. The molecule has 0 radical (unpaired) electrons. The van der Waals surface area contributed by atoms with Crippen LogP contribution in [0.4, 0.5) is 5.69 Å². The molecule has 0 amide bonds. The molecule has 7 heteroatoms. The minimum absolute atomic E-state index is 0.162. The first-order chi connectivity index (χ1) is 8.11. The van der Waals surface area contributed by atoms with Crippen LogP contribution in [0.2, 0.25) is 0 Å². The van der Waals surface area contributed by atoms with Crippen LogP contribution in [0.5, 0.6) is 0 Å². The van der Waals surface area contributed by atoms with Crippen LogP contribution in [-0.2, 0) is 0 Å². The Morgan fingerprint density at radius 3 is 2.76 bits per heavy atom. The van der Waals surface area contributed by atoms with E-state index in [2.05, 4.69) is 21.0 Å². The number of carbonyl (C=O) groups is 1. The molecule has 0 aliphatic heterocycles. The zero-order chi connectivity index (χ0) is 12.4. The van der Waals surface area contributed by atoms with Gasteiger partial charge in [-0.2, -0.15) is 5.10 Å². The van der Waals surface area contributed by atoms with Gasteiger partial charge in [0.2, 0.25) is 0 Å². The van der Waals surface area contributed by atoms with Crippen molar-refractivity contribution in [3.05, 3.63) is 50.7 Å². The van der Waals surface area contributed by atoms with Crippen molar-refractivity contribution in [2.24, 2.45) is 0 Å². The number of aromatic nitrogens is 2. The molecule has 17 heavy (non-hydrogen) atoms. The predicted octanol–water partition coefficient (Wildman–Crippen LogP) is 2.36. The molecule has 0 unspecified atom stereocenters. The largest absolute Gasteiger partial charge is 0.298 e. The SMILES string of the molecule is O=Cc1ccc(-n2cc(Br)cn2)c([N+](=O)[O-])c1. The highest BCUT2D eigenvalue weighted by Gasteiger charge is 2.16. The molecule has 2 rings (SSSR count). The lowest BCUT2D eigenvalue weighted by molar-refractivity contribution is -0.384. The van der Waals surface area contributed by atoms with Crippen LogP contribution in [0.3, 0.4) is 0 Å². The minimum Gasteiger partial charge on any atom is -0.298 e. The fourth-order valence-corrected chi connectivity index (χ4v) is 1.67. The number of nitrogens with zero attached hydrogens (tertiary/aromatic N) is 3. The topological polar surface area (TPSA) is 78.0 Å². The summed E-state index contributed by atoms with van der Waals surface area (Å²) in [7, 11) is 0. The van der Waals surface area contributed by atoms with Gasteiger partial charge in [0.05, 0.1) is 15.6 Å². The summed E-state index contributed by atoms with van der Waals surface area (Å²) in [5, 5.41) is 14.9. The lowest BCUT2D eigenvalue weighted by atomic mass is 10.2. The number of rotatable bonds is 3. The Balaban J connectivity index is 2.61. The second-order valence-electron chi connectivity index (χ2n) is 3.23. The fourth-order valence-electron chi connectivity index (χ4n) is 1.39. The summed E-state index contributed by atoms with van der Waals surface area (Å²) >= 11 is 3.21. The Morgan fingerprint density at radius 2 is 2.24 bits per heavy atom. The third kappa shape index (κ3) is 2.23. The summed E-state index contributed by atoms with van der Waals surface area (Å²) in [5.74, 6) is 0. The first kappa shape index (κ1) is 11.5. The normalized spacial score (nSPS) is 10.2. The Bertz CT molecular complexity index is 594. The quantitative estimate of drug-likeness (QED) is 0.495. The highest BCUT2D eigenvalue weighted by atomic mass is 79.9. The Kier molecular flexibility index (Phi) is 3.01. The van der Waals surface area contributed by atoms with Crippen LogP contribution in [0, 0.1) is 10.1 Å². The molecule has 0 saturated carbocycles. The van der Waals surface area contributed by atoms with Crippen molar-refractivity contribution < 1.29 is 9.72 Å². The second-order valence-corrected chi connectivity index (χ2v) is 4.14. The molecule has 0 aliphatic carbocycles. The molecule has 0 saturated heterocycles. The van der Waals surface area contributed by atoms with Crippen molar-refractivity contribution in [1.82, 2.24) is 9.78 Å². The number of nitro benzene ring substituents is 1. The van der Waals surface area contributed by atoms with Crippen LogP contribution in [-0.4, -0.2) is 21.0 Å². The van der Waals surface area contributed by atoms with Crippen LogP contribution >= 0.6 is 15.9 Å². The van der Waals surface area contributed by atoms with Crippen LogP contribution in [0.25, 0.3) is 5.69 Å². The lowest BCUT2D eigenvalue weighted by Gasteiger charge is -2.02. The van der Waals surface area contributed by atoms with E-state index in [-0.39, 0.29) is 11.3 Å². The second kappa shape index (κ2) is 4.46. The number of carbonyl (C=O) groups excluding carboxylic acids is 1. The number of hydrogen-bond donors (Lipinski definition) is 0. The molecule has 6 nitrogen and oxygen atoms in total. The molecule has 1 aromatic heterocycles. The smallest absolute Gasteiger partial charge is 0.295 e. The number of benzene rings is 1. The fraction of sp³-hybridized carbons (Fsp3) is 0. The van der Waals surface area contributed by atoms with Gasteiger partial charge in [-0.1, -0.05) is 0 Å². The molecule has 0 N–H and O–H groups in total. The molecular weight excluding hydrogens is 290 g/mol. The van der Waals surface area contributed by atoms with Crippen LogP contribution < -0.4 is 0 Å². The van der Waals surface area contributed by atoms with Gasteiger partial charge in [0.1, 0.15) is 12.0 Å². The van der Waals surface area contributed by atoms with E-state index in [1.807, 2.05) is 0 Å². The van der Waals surface area contributed by atoms with Gasteiger partial charge in [0, 0.05) is 17.8 Å². The Hall–Kier alpha value is -2.02. The van der Waals surface area contributed by atoms with Gasteiger partial charge in [0.25, 0.3) is 5.69 Å². The van der Waals surface area contributed by atoms with Gasteiger partial charge < -0.3 is 0 Å². The standard InChI is InChI=1S/C10H6BrN3O3/c11-8-4-12-13(5-8)9-2-1-7(6-15)3-10(9)14(16)17/h1-6H. The zero-order valence-corrected chi connectivity index (χ0v) is 9.99. The van der Waals surface area contributed by atoms with Crippen LogP contribution in [0.15, 0.2) is 35.1 Å². The van der Waals surface area contributed by atoms with Crippen molar-refractivity contribution in [2.75, 3.05) is 0 Å². The van der Waals surface area contributed by atoms with Gasteiger partial charge >= 0.3 is 0 Å². The molecular formula is C10H6BrN3O3. The lowest BCUT2D eigenvalue weighted by Crippen LogP contribution is -2.01. The van der Waals surface area contributed by atoms with Crippen molar-refractivity contribution >= 4 is 27.9 Å². The third-order valence-corrected chi connectivity index (χ3v) is 2.54. The summed E-state index contributed by atoms with van der Waals surface area (Å²) in [6.45, 7) is 0. The Morgan fingerprint density at radius 1 is 1.47 bits per heavy atom. The monoisotopic (exact) mass is 295 g/mol. The van der Waals surface area contributed by atoms with Gasteiger partial charge in [0.15, 0.2) is 0 Å². The predicted molar refractivity (Wildman–Crippen MR) is 63.3 cm³/mol. The molecule has 0 fully saturated rings. The molecule has 0 bridgehead atoms. The summed E-state index contributed by atoms with van der Waals surface area (Å²) in [5.41, 5.74) is 0.406. The molecule has 0 atom stereocenters. The van der Waals surface area contributed by atoms with Gasteiger partial charge in [-0.05, 0) is 28.1 Å². The molecule has 1 aromatic carbocycles. The average molecular weight is 296 g/mol. The van der Waals surface area contributed by atoms with E-state index in [0.717, 1.165) is 0 Å². The van der Waals surface area contributed by atoms with Crippen molar-refractivity contribution in [3.63, 3.8) is 0 Å². The van der Waals surface area contributed by atoms with E-state index < -0.39 is 4.92 Å². The molecule has 1 heterocycles. The minimum atomic E-state index is -0.544. The molecule has 86 valence electrons. The van der Waals surface area contributed by atoms with E-state index in [9.17, 15) is 14.9 Å². The summed E-state index contributed by atoms with van der Waals surface area (Å²) in [6, 6.07) is 4.21. The summed E-state index contributed by atoms with van der Waals surface area (Å²) in [6.07, 6.45) is 3.69. The first-order valence-electron chi connectivity index (χ1n) is 4.56. The van der Waals surface area contributed by atoms with Crippen LogP contribution in [0.1, 0.15) is 10.4 Å². The van der Waals surface area contributed by atoms with Gasteiger partial charge in [-0.3, -0.25) is 14.9 Å². The zero-order valence-electron chi connectivity index (χ0n) is 8.41. The Labute approximate surface area is 104 Å². The van der Waals surface area contributed by atoms with E-state index >= 15 is 0 Å². The van der Waals surface area contributed by atoms with E-state index in [0.29, 0.717) is 16.4 Å². The van der Waals surface area contributed by atoms with E-state index in [4.69, 9.17) is 0 Å². The van der Waals surface area contributed by atoms with Crippen molar-refractivity contribution in [2.45, 2.75) is 0 Å². The number of nitro groups is 1. The number of aldehydes is 1. The third-order valence-electron chi connectivity index (χ3n) is 2.13. The van der Waals surface area contributed by atoms with E-state index in [1.165, 1.54) is 29.1 Å². The average Bonchev–Trinajstić information content (AvgIpc) is 2.75. The van der Waals surface area contributed by atoms with Gasteiger partial charge in [-0.15, -0.1) is 0 Å². The van der Waals surface area contributed by atoms with Crippen molar-refractivity contribution in [3.8, 4) is 5.69 Å². The summed E-state index contributed by atoms with van der Waals surface area (Å²) < 4.78 is 2.09. The molecule has 2 aromatic rings. The van der Waals surface area contributed by atoms with E-state index in [1.54, 1.807) is 6.20 Å². The number of halogens is 1. The maximum Gasteiger partial charge on any atom is 0.295 e. The van der Waals surface area contributed by atoms with Crippen molar-refractivity contribution in [1.29, 1.82) is 0 Å². The van der Waals surface area contributed by atoms with Gasteiger partial charge in [-0.25, -0.2) is 4.68 Å².